The van der Waals surface area contributed by atoms with Crippen LogP contribution in [0.15, 0.2) is 0 Å². The molecule has 1 saturated carbocycles. The summed E-state index contributed by atoms with van der Waals surface area (Å²) in [6.45, 7) is 9.01. The normalized spacial score (nSPS) is 27.8. The van der Waals surface area contributed by atoms with E-state index in [1.165, 1.54) is 0 Å². The van der Waals surface area contributed by atoms with Gasteiger partial charge in [-0.15, -0.1) is 0 Å². The van der Waals surface area contributed by atoms with Crippen molar-refractivity contribution in [2.24, 2.45) is 17.6 Å². The minimum absolute atomic E-state index is 0.0175. The predicted molar refractivity (Wildman–Crippen MR) is 80.0 cm³/mol. The van der Waals surface area contributed by atoms with Crippen LogP contribution in [0.2, 0.25) is 0 Å². The van der Waals surface area contributed by atoms with Gasteiger partial charge in [0.05, 0.1) is 0 Å². The second-order valence-corrected chi connectivity index (χ2v) is 5.80. The molecule has 4 unspecified atom stereocenters. The van der Waals surface area contributed by atoms with Gasteiger partial charge in [0.25, 0.3) is 0 Å². The molecule has 0 bridgehead atoms. The van der Waals surface area contributed by atoms with Crippen molar-refractivity contribution in [1.82, 2.24) is 10.2 Å². The zero-order chi connectivity index (χ0) is 15.3. The summed E-state index contributed by atoms with van der Waals surface area (Å²) in [5.41, 5.74) is 6.03. The number of nitrogens with two attached hydrogens (primary N) is 1. The van der Waals surface area contributed by atoms with Crippen LogP contribution in [-0.2, 0) is 9.59 Å². The molecule has 1 rings (SSSR count). The van der Waals surface area contributed by atoms with Crippen molar-refractivity contribution in [3.63, 3.8) is 0 Å². The van der Waals surface area contributed by atoms with Crippen LogP contribution in [-0.4, -0.2) is 41.9 Å². The summed E-state index contributed by atoms with van der Waals surface area (Å²) in [5, 5.41) is 2.86. The fraction of sp³-hybridized carbons (Fsp3) is 0.867. The van der Waals surface area contributed by atoms with Gasteiger partial charge in [0, 0.05) is 25.0 Å². The Hall–Kier alpha value is -1.10. The maximum Gasteiger partial charge on any atom is 0.244 e. The number of hydrogen-bond donors (Lipinski definition) is 2. The van der Waals surface area contributed by atoms with Crippen molar-refractivity contribution >= 4 is 11.8 Å². The smallest absolute Gasteiger partial charge is 0.244 e. The summed E-state index contributed by atoms with van der Waals surface area (Å²) in [6.07, 6.45) is 2.84. The summed E-state index contributed by atoms with van der Waals surface area (Å²) < 4.78 is 0. The van der Waals surface area contributed by atoms with E-state index < -0.39 is 6.04 Å². The van der Waals surface area contributed by atoms with Crippen molar-refractivity contribution in [2.75, 3.05) is 13.1 Å². The van der Waals surface area contributed by atoms with E-state index in [0.29, 0.717) is 13.1 Å². The lowest BCUT2D eigenvalue weighted by molar-refractivity contribution is -0.137. The van der Waals surface area contributed by atoms with E-state index in [9.17, 15) is 9.59 Å². The number of amides is 2. The molecule has 0 aliphatic heterocycles. The highest BCUT2D eigenvalue weighted by molar-refractivity contribution is 5.88. The van der Waals surface area contributed by atoms with Crippen molar-refractivity contribution in [2.45, 2.75) is 59.0 Å². The number of carbonyl (C=O) groups is 2. The zero-order valence-corrected chi connectivity index (χ0v) is 13.2. The summed E-state index contributed by atoms with van der Waals surface area (Å²) in [7, 11) is 0. The molecule has 1 fully saturated rings. The number of likely N-dealkylation sites (N-methyl/N-ethyl adjacent to an activating group) is 1. The Morgan fingerprint density at radius 1 is 1.30 bits per heavy atom. The van der Waals surface area contributed by atoms with Crippen LogP contribution >= 0.6 is 0 Å². The molecule has 1 aliphatic rings. The van der Waals surface area contributed by atoms with Gasteiger partial charge in [-0.3, -0.25) is 9.59 Å². The monoisotopic (exact) mass is 283 g/mol. The van der Waals surface area contributed by atoms with E-state index in [4.69, 9.17) is 5.73 Å². The highest BCUT2D eigenvalue weighted by Gasteiger charge is 2.34. The molecule has 0 aromatic carbocycles. The van der Waals surface area contributed by atoms with Gasteiger partial charge in [-0.2, -0.15) is 0 Å². The van der Waals surface area contributed by atoms with E-state index in [-0.39, 0.29) is 29.7 Å². The summed E-state index contributed by atoms with van der Waals surface area (Å²) in [5.74, 6) is 0.0713. The number of rotatable bonds is 5. The Labute approximate surface area is 122 Å². The Bertz CT molecular complexity index is 342. The molecule has 0 radical (unpaired) electrons. The minimum atomic E-state index is -0.465. The molecule has 1 aliphatic carbocycles. The Morgan fingerprint density at radius 3 is 2.45 bits per heavy atom. The second kappa shape index (κ2) is 7.62. The standard InChI is InChI=1S/C15H29N3O2/c1-5-18(6-2)15(20)11(4)17-14(19)12-8-7-9-13(16)10(12)3/h10-13H,5-9,16H2,1-4H3,(H,17,19). The first-order valence-corrected chi connectivity index (χ1v) is 7.77. The molecule has 5 nitrogen and oxygen atoms in total. The third kappa shape index (κ3) is 3.95. The lowest BCUT2D eigenvalue weighted by atomic mass is 9.77. The molecule has 0 heterocycles. The van der Waals surface area contributed by atoms with Crippen LogP contribution in [0, 0.1) is 11.8 Å². The van der Waals surface area contributed by atoms with Crippen molar-refractivity contribution in [3.05, 3.63) is 0 Å². The molecule has 0 aromatic heterocycles. The van der Waals surface area contributed by atoms with Crippen LogP contribution in [0.1, 0.15) is 47.0 Å². The van der Waals surface area contributed by atoms with Gasteiger partial charge < -0.3 is 16.0 Å². The highest BCUT2D eigenvalue weighted by Crippen LogP contribution is 2.29. The van der Waals surface area contributed by atoms with Gasteiger partial charge in [0.1, 0.15) is 6.04 Å². The fourth-order valence-electron chi connectivity index (χ4n) is 2.96. The molecule has 116 valence electrons. The molecule has 2 amide bonds. The molecule has 20 heavy (non-hydrogen) atoms. The van der Waals surface area contributed by atoms with Crippen molar-refractivity contribution < 1.29 is 9.59 Å². The molecule has 3 N–H and O–H groups in total. The third-order valence-electron chi connectivity index (χ3n) is 4.50. The number of nitrogens with one attached hydrogen (secondary N) is 1. The first-order chi connectivity index (χ1) is 9.42. The summed E-state index contributed by atoms with van der Waals surface area (Å²) >= 11 is 0. The van der Waals surface area contributed by atoms with E-state index in [2.05, 4.69) is 5.32 Å². The average molecular weight is 283 g/mol. The van der Waals surface area contributed by atoms with E-state index >= 15 is 0 Å². The SMILES string of the molecule is CCN(CC)C(=O)C(C)NC(=O)C1CCCC(N)C1C. The van der Waals surface area contributed by atoms with Gasteiger partial charge >= 0.3 is 0 Å². The van der Waals surface area contributed by atoms with Gasteiger partial charge in [0.2, 0.25) is 11.8 Å². The topological polar surface area (TPSA) is 75.4 Å². The van der Waals surface area contributed by atoms with E-state index in [1.807, 2.05) is 20.8 Å². The fourth-order valence-corrected chi connectivity index (χ4v) is 2.96. The Kier molecular flexibility index (Phi) is 6.46. The molecule has 5 heteroatoms. The molecule has 4 atom stereocenters. The van der Waals surface area contributed by atoms with E-state index in [1.54, 1.807) is 11.8 Å². The second-order valence-electron chi connectivity index (χ2n) is 5.80. The lowest BCUT2D eigenvalue weighted by Crippen LogP contribution is -2.51. The van der Waals surface area contributed by atoms with Gasteiger partial charge in [0.15, 0.2) is 0 Å². The van der Waals surface area contributed by atoms with Crippen LogP contribution < -0.4 is 11.1 Å². The van der Waals surface area contributed by atoms with Gasteiger partial charge in [-0.05, 0) is 39.5 Å². The minimum Gasteiger partial charge on any atom is -0.344 e. The third-order valence-corrected chi connectivity index (χ3v) is 4.50. The zero-order valence-electron chi connectivity index (χ0n) is 13.2. The molecular formula is C15H29N3O2. The Morgan fingerprint density at radius 2 is 1.90 bits per heavy atom. The van der Waals surface area contributed by atoms with Crippen LogP contribution in [0.4, 0.5) is 0 Å². The van der Waals surface area contributed by atoms with Crippen molar-refractivity contribution in [3.8, 4) is 0 Å². The van der Waals surface area contributed by atoms with Crippen LogP contribution in [0.25, 0.3) is 0 Å². The van der Waals surface area contributed by atoms with E-state index in [0.717, 1.165) is 19.3 Å². The largest absolute Gasteiger partial charge is 0.344 e. The Balaban J connectivity index is 2.58. The lowest BCUT2D eigenvalue weighted by Gasteiger charge is -2.33. The van der Waals surface area contributed by atoms with Crippen molar-refractivity contribution in [1.29, 1.82) is 0 Å². The molecular weight excluding hydrogens is 254 g/mol. The number of nitrogens with zero attached hydrogens (tertiary/aromatic N) is 1. The average Bonchev–Trinajstić information content (AvgIpc) is 2.42. The van der Waals surface area contributed by atoms with Gasteiger partial charge in [-0.1, -0.05) is 13.3 Å². The summed E-state index contributed by atoms with van der Waals surface area (Å²) in [4.78, 5) is 26.2. The summed E-state index contributed by atoms with van der Waals surface area (Å²) in [6, 6.07) is -0.374. The maximum atomic E-state index is 12.3. The van der Waals surface area contributed by atoms with Crippen LogP contribution in [0.5, 0.6) is 0 Å². The molecule has 0 aromatic rings. The number of hydrogen-bond acceptors (Lipinski definition) is 3. The predicted octanol–water partition coefficient (Wildman–Crippen LogP) is 1.12. The first kappa shape index (κ1) is 17.0. The maximum absolute atomic E-state index is 12.3. The molecule has 0 spiro atoms. The highest BCUT2D eigenvalue weighted by atomic mass is 16.2. The first-order valence-electron chi connectivity index (χ1n) is 7.77. The quantitative estimate of drug-likeness (QED) is 0.794. The number of carbonyl (C=O) groups excluding carboxylic acids is 2. The molecule has 0 saturated heterocycles. The van der Waals surface area contributed by atoms with Crippen LogP contribution in [0.3, 0.4) is 0 Å². The van der Waals surface area contributed by atoms with Gasteiger partial charge in [-0.25, -0.2) is 0 Å².